The van der Waals surface area contributed by atoms with Crippen LogP contribution in [0.3, 0.4) is 0 Å². The molecule has 1 aliphatic carbocycles. The topological polar surface area (TPSA) is 12.0 Å². The van der Waals surface area contributed by atoms with E-state index in [-0.39, 0.29) is 4.87 Å². The zero-order valence-electron chi connectivity index (χ0n) is 9.71. The van der Waals surface area contributed by atoms with Gasteiger partial charge in [0.25, 0.3) is 0 Å². The van der Waals surface area contributed by atoms with Gasteiger partial charge in [0, 0.05) is 13.1 Å². The highest BCUT2D eigenvalue weighted by Crippen LogP contribution is 2.33. The van der Waals surface area contributed by atoms with Crippen molar-refractivity contribution >= 4 is 11.6 Å². The van der Waals surface area contributed by atoms with Crippen molar-refractivity contribution in [2.75, 3.05) is 6.54 Å². The summed E-state index contributed by atoms with van der Waals surface area (Å²) < 4.78 is 0. The molecule has 0 amide bonds. The number of halogens is 1. The lowest BCUT2D eigenvalue weighted by Crippen LogP contribution is -2.37. The van der Waals surface area contributed by atoms with Crippen LogP contribution in [0.1, 0.15) is 37.7 Å². The molecule has 0 bridgehead atoms. The van der Waals surface area contributed by atoms with E-state index in [0.717, 1.165) is 25.9 Å². The second-order valence-electron chi connectivity index (χ2n) is 4.80. The van der Waals surface area contributed by atoms with Gasteiger partial charge in [-0.1, -0.05) is 49.6 Å². The van der Waals surface area contributed by atoms with Crippen LogP contribution in [0.25, 0.3) is 0 Å². The van der Waals surface area contributed by atoms with Crippen LogP contribution in [0.2, 0.25) is 0 Å². The maximum atomic E-state index is 6.58. The molecule has 1 saturated carbocycles. The molecule has 16 heavy (non-hydrogen) atoms. The summed E-state index contributed by atoms with van der Waals surface area (Å²) in [6.07, 6.45) is 6.26. The van der Waals surface area contributed by atoms with Crippen LogP contribution in [-0.4, -0.2) is 11.4 Å². The van der Waals surface area contributed by atoms with E-state index in [1.807, 2.05) is 6.07 Å². The molecule has 0 unspecified atom stereocenters. The number of benzene rings is 1. The monoisotopic (exact) mass is 237 g/mol. The van der Waals surface area contributed by atoms with Gasteiger partial charge in [0.1, 0.15) is 0 Å². The summed E-state index contributed by atoms with van der Waals surface area (Å²) in [4.78, 5) is 0.0209. The van der Waals surface area contributed by atoms with Gasteiger partial charge in [-0.05, 0) is 18.4 Å². The van der Waals surface area contributed by atoms with Crippen LogP contribution in [0, 0.1) is 0 Å². The minimum atomic E-state index is 0.0209. The van der Waals surface area contributed by atoms with E-state index in [0.29, 0.717) is 0 Å². The lowest BCUT2D eigenvalue weighted by Gasteiger charge is -2.31. The standard InChI is InChI=1S/C14H20ClN/c15-14(9-5-2-6-10-14)12-16-11-13-7-3-1-4-8-13/h1,3-4,7-8,16H,2,5-6,9-12H2. The van der Waals surface area contributed by atoms with Crippen molar-refractivity contribution in [1.29, 1.82) is 0 Å². The Hall–Kier alpha value is -0.530. The predicted molar refractivity (Wildman–Crippen MR) is 69.8 cm³/mol. The summed E-state index contributed by atoms with van der Waals surface area (Å²) in [5.41, 5.74) is 1.33. The van der Waals surface area contributed by atoms with E-state index in [1.54, 1.807) is 0 Å². The van der Waals surface area contributed by atoms with Crippen molar-refractivity contribution in [2.45, 2.75) is 43.5 Å². The van der Waals surface area contributed by atoms with E-state index >= 15 is 0 Å². The van der Waals surface area contributed by atoms with Crippen molar-refractivity contribution in [2.24, 2.45) is 0 Å². The molecular weight excluding hydrogens is 218 g/mol. The molecule has 1 N–H and O–H groups in total. The molecule has 1 aromatic rings. The van der Waals surface area contributed by atoms with Crippen LogP contribution in [0.5, 0.6) is 0 Å². The molecule has 1 nitrogen and oxygen atoms in total. The quantitative estimate of drug-likeness (QED) is 0.788. The molecular formula is C14H20ClN. The Morgan fingerprint density at radius 3 is 2.44 bits per heavy atom. The van der Waals surface area contributed by atoms with E-state index in [1.165, 1.54) is 24.8 Å². The second-order valence-corrected chi connectivity index (χ2v) is 5.60. The molecule has 0 radical (unpaired) electrons. The summed E-state index contributed by atoms with van der Waals surface area (Å²) in [6, 6.07) is 10.5. The summed E-state index contributed by atoms with van der Waals surface area (Å²) in [5, 5.41) is 3.48. The Kier molecular flexibility index (Phi) is 4.25. The Balaban J connectivity index is 1.75. The molecule has 2 rings (SSSR count). The number of hydrogen-bond acceptors (Lipinski definition) is 1. The third-order valence-electron chi connectivity index (χ3n) is 3.36. The molecule has 0 saturated heterocycles. The van der Waals surface area contributed by atoms with Crippen LogP contribution < -0.4 is 5.32 Å². The van der Waals surface area contributed by atoms with Gasteiger partial charge in [-0.25, -0.2) is 0 Å². The maximum absolute atomic E-state index is 6.58. The molecule has 1 fully saturated rings. The third kappa shape index (κ3) is 3.50. The number of hydrogen-bond donors (Lipinski definition) is 1. The molecule has 0 atom stereocenters. The van der Waals surface area contributed by atoms with Crippen LogP contribution in [0.15, 0.2) is 30.3 Å². The molecule has 0 heterocycles. The summed E-state index contributed by atoms with van der Waals surface area (Å²) in [5.74, 6) is 0. The fourth-order valence-corrected chi connectivity index (χ4v) is 2.75. The van der Waals surface area contributed by atoms with E-state index in [4.69, 9.17) is 11.6 Å². The summed E-state index contributed by atoms with van der Waals surface area (Å²) in [6.45, 7) is 1.86. The first-order valence-corrected chi connectivity index (χ1v) is 6.60. The molecule has 0 aromatic heterocycles. The number of alkyl halides is 1. The Bertz CT molecular complexity index is 304. The largest absolute Gasteiger partial charge is 0.311 e. The van der Waals surface area contributed by atoms with E-state index in [2.05, 4.69) is 29.6 Å². The summed E-state index contributed by atoms with van der Waals surface area (Å²) >= 11 is 6.58. The minimum absolute atomic E-state index is 0.0209. The number of nitrogens with one attached hydrogen (secondary N) is 1. The van der Waals surface area contributed by atoms with Crippen LogP contribution in [0.4, 0.5) is 0 Å². The van der Waals surface area contributed by atoms with Crippen molar-refractivity contribution in [3.8, 4) is 0 Å². The summed E-state index contributed by atoms with van der Waals surface area (Å²) in [7, 11) is 0. The van der Waals surface area contributed by atoms with Gasteiger partial charge in [-0.15, -0.1) is 11.6 Å². The first-order valence-electron chi connectivity index (χ1n) is 6.22. The first kappa shape index (κ1) is 11.9. The van der Waals surface area contributed by atoms with Gasteiger partial charge in [0.05, 0.1) is 4.87 Å². The van der Waals surface area contributed by atoms with Gasteiger partial charge in [0.15, 0.2) is 0 Å². The lowest BCUT2D eigenvalue weighted by molar-refractivity contribution is 0.371. The van der Waals surface area contributed by atoms with Gasteiger partial charge in [-0.3, -0.25) is 0 Å². The molecule has 0 spiro atoms. The molecule has 2 heteroatoms. The van der Waals surface area contributed by atoms with Gasteiger partial charge in [0.2, 0.25) is 0 Å². The van der Waals surface area contributed by atoms with Crippen molar-refractivity contribution in [3.63, 3.8) is 0 Å². The van der Waals surface area contributed by atoms with Crippen molar-refractivity contribution in [3.05, 3.63) is 35.9 Å². The SMILES string of the molecule is ClC1(CNCc2ccccc2)CCCCC1. The molecule has 1 aliphatic rings. The highest BCUT2D eigenvalue weighted by molar-refractivity contribution is 6.24. The third-order valence-corrected chi connectivity index (χ3v) is 3.88. The zero-order chi connectivity index (χ0) is 11.3. The molecule has 88 valence electrons. The Morgan fingerprint density at radius 2 is 1.75 bits per heavy atom. The van der Waals surface area contributed by atoms with Gasteiger partial charge in [-0.2, -0.15) is 0 Å². The van der Waals surface area contributed by atoms with Gasteiger partial charge < -0.3 is 5.32 Å². The maximum Gasteiger partial charge on any atom is 0.0571 e. The van der Waals surface area contributed by atoms with Crippen LogP contribution in [-0.2, 0) is 6.54 Å². The van der Waals surface area contributed by atoms with E-state index in [9.17, 15) is 0 Å². The molecule has 1 aromatic carbocycles. The van der Waals surface area contributed by atoms with E-state index < -0.39 is 0 Å². The zero-order valence-corrected chi connectivity index (χ0v) is 10.5. The smallest absolute Gasteiger partial charge is 0.0571 e. The highest BCUT2D eigenvalue weighted by atomic mass is 35.5. The average Bonchev–Trinajstić information content (AvgIpc) is 2.31. The fourth-order valence-electron chi connectivity index (χ4n) is 2.39. The van der Waals surface area contributed by atoms with Crippen molar-refractivity contribution in [1.82, 2.24) is 5.32 Å². The Labute approximate surface area is 103 Å². The highest BCUT2D eigenvalue weighted by Gasteiger charge is 2.28. The normalized spacial score (nSPS) is 19.6. The number of rotatable bonds is 4. The fraction of sp³-hybridized carbons (Fsp3) is 0.571. The van der Waals surface area contributed by atoms with Crippen LogP contribution >= 0.6 is 11.6 Å². The minimum Gasteiger partial charge on any atom is -0.311 e. The van der Waals surface area contributed by atoms with Gasteiger partial charge >= 0.3 is 0 Å². The first-order chi connectivity index (χ1) is 7.79. The second kappa shape index (κ2) is 5.70. The molecule has 0 aliphatic heterocycles. The lowest BCUT2D eigenvalue weighted by atomic mass is 9.88. The van der Waals surface area contributed by atoms with Crippen molar-refractivity contribution < 1.29 is 0 Å². The Morgan fingerprint density at radius 1 is 1.06 bits per heavy atom. The predicted octanol–water partition coefficient (Wildman–Crippen LogP) is 3.72. The average molecular weight is 238 g/mol.